The molecule has 0 amide bonds. The van der Waals surface area contributed by atoms with Crippen LogP contribution < -0.4 is 0 Å². The van der Waals surface area contributed by atoms with Gasteiger partial charge in [0.05, 0.1) is 13.0 Å². The smallest absolute Gasteiger partial charge is 0.460 e. The van der Waals surface area contributed by atoms with Crippen LogP contribution in [-0.2, 0) is 19.1 Å². The van der Waals surface area contributed by atoms with E-state index in [1.807, 2.05) is 0 Å². The summed E-state index contributed by atoms with van der Waals surface area (Å²) in [5, 5.41) is 0. The van der Waals surface area contributed by atoms with Crippen LogP contribution in [0.2, 0.25) is 0 Å². The number of hydrogen-bond donors (Lipinski definition) is 0. The highest BCUT2D eigenvalue weighted by molar-refractivity contribution is 5.88. The summed E-state index contributed by atoms with van der Waals surface area (Å²) in [7, 11) is 0. The van der Waals surface area contributed by atoms with E-state index in [0.717, 1.165) is 6.92 Å². The van der Waals surface area contributed by atoms with Gasteiger partial charge in [0, 0.05) is 6.42 Å². The Balaban J connectivity index is 6.11. The van der Waals surface area contributed by atoms with Gasteiger partial charge in [-0.15, -0.1) is 0 Å². The molecule has 0 aliphatic heterocycles. The zero-order valence-corrected chi connectivity index (χ0v) is 17.4. The van der Waals surface area contributed by atoms with Gasteiger partial charge in [0.25, 0.3) is 0 Å². The standard InChI is InChI=1S/C16H11F17O4/c1-3-7(34)37-6(2)8(35)36-5-4-9(17,18)10(19,20)11(21,22)12(23,24)13(25,26)14(27,28)15(29,30)16(31,32)33/h2-5H2,1H3. The lowest BCUT2D eigenvalue weighted by Gasteiger charge is -2.42. The molecule has 0 heterocycles. The molecule has 0 rings (SSSR count). The summed E-state index contributed by atoms with van der Waals surface area (Å²) in [6.07, 6.45) is -11.2. The van der Waals surface area contributed by atoms with E-state index in [4.69, 9.17) is 0 Å². The van der Waals surface area contributed by atoms with E-state index in [0.29, 0.717) is 0 Å². The molecular formula is C16H11F17O4. The third-order valence-corrected chi connectivity index (χ3v) is 4.19. The van der Waals surface area contributed by atoms with Gasteiger partial charge < -0.3 is 9.47 Å². The number of halogens is 17. The first-order chi connectivity index (χ1) is 16.0. The molecular weight excluding hydrogens is 579 g/mol. The second kappa shape index (κ2) is 9.99. The summed E-state index contributed by atoms with van der Waals surface area (Å²) in [6, 6.07) is 0. The highest BCUT2D eigenvalue weighted by atomic mass is 19.4. The summed E-state index contributed by atoms with van der Waals surface area (Å²) in [4.78, 5) is 22.1. The maximum atomic E-state index is 13.6. The van der Waals surface area contributed by atoms with Crippen molar-refractivity contribution in [3.05, 3.63) is 12.3 Å². The molecule has 0 aromatic heterocycles. The first-order valence-corrected chi connectivity index (χ1v) is 8.79. The molecule has 0 spiro atoms. The van der Waals surface area contributed by atoms with E-state index in [1.54, 1.807) is 0 Å². The molecule has 0 atom stereocenters. The highest BCUT2D eigenvalue weighted by Crippen LogP contribution is 2.64. The van der Waals surface area contributed by atoms with E-state index >= 15 is 0 Å². The van der Waals surface area contributed by atoms with Crippen molar-refractivity contribution in [2.45, 2.75) is 67.4 Å². The molecule has 0 fully saturated rings. The Morgan fingerprint density at radius 3 is 1.32 bits per heavy atom. The molecule has 0 saturated heterocycles. The van der Waals surface area contributed by atoms with Gasteiger partial charge in [-0.1, -0.05) is 6.92 Å². The van der Waals surface area contributed by atoms with Crippen LogP contribution in [0.15, 0.2) is 12.3 Å². The van der Waals surface area contributed by atoms with Gasteiger partial charge in [0.2, 0.25) is 5.76 Å². The lowest BCUT2D eigenvalue weighted by molar-refractivity contribution is -0.461. The first-order valence-electron chi connectivity index (χ1n) is 8.79. The second-order valence-corrected chi connectivity index (χ2v) is 6.79. The van der Waals surface area contributed by atoms with Crippen molar-refractivity contribution in [2.75, 3.05) is 6.61 Å². The molecule has 21 heteroatoms. The van der Waals surface area contributed by atoms with Gasteiger partial charge in [-0.05, 0) is 6.58 Å². The van der Waals surface area contributed by atoms with Crippen LogP contribution in [0, 0.1) is 0 Å². The Bertz CT molecular complexity index is 875. The van der Waals surface area contributed by atoms with E-state index in [-0.39, 0.29) is 0 Å². The normalized spacial score (nSPS) is 14.9. The van der Waals surface area contributed by atoms with Crippen molar-refractivity contribution < 1.29 is 93.7 Å². The molecule has 0 aliphatic rings. The zero-order chi connectivity index (χ0) is 30.3. The van der Waals surface area contributed by atoms with Crippen molar-refractivity contribution in [1.29, 1.82) is 0 Å². The Hall–Kier alpha value is -2.51. The number of carbonyl (C=O) groups excluding carboxylic acids is 2. The molecule has 0 N–H and O–H groups in total. The zero-order valence-electron chi connectivity index (χ0n) is 17.4. The van der Waals surface area contributed by atoms with Crippen molar-refractivity contribution in [2.24, 2.45) is 0 Å². The molecule has 0 unspecified atom stereocenters. The van der Waals surface area contributed by atoms with E-state index in [9.17, 15) is 84.2 Å². The number of esters is 2. The van der Waals surface area contributed by atoms with E-state index in [2.05, 4.69) is 16.1 Å². The second-order valence-electron chi connectivity index (χ2n) is 6.79. The molecule has 0 aliphatic carbocycles. The van der Waals surface area contributed by atoms with E-state index < -0.39 is 84.8 Å². The average molecular weight is 590 g/mol. The van der Waals surface area contributed by atoms with Gasteiger partial charge >= 0.3 is 59.6 Å². The Labute approximate surface area is 193 Å². The molecule has 4 nitrogen and oxygen atoms in total. The van der Waals surface area contributed by atoms with Crippen LogP contribution in [-0.4, -0.2) is 66.2 Å². The molecule has 37 heavy (non-hydrogen) atoms. The fraction of sp³-hybridized carbons (Fsp3) is 0.750. The number of hydrogen-bond acceptors (Lipinski definition) is 4. The van der Waals surface area contributed by atoms with E-state index in [1.165, 1.54) is 0 Å². The maximum absolute atomic E-state index is 13.6. The third kappa shape index (κ3) is 5.53. The summed E-state index contributed by atoms with van der Waals surface area (Å²) in [6.45, 7) is 1.68. The molecule has 0 radical (unpaired) electrons. The Morgan fingerprint density at radius 1 is 0.622 bits per heavy atom. The Kier molecular flexibility index (Phi) is 9.31. The molecule has 0 aromatic carbocycles. The quantitative estimate of drug-likeness (QED) is 0.114. The lowest BCUT2D eigenvalue weighted by Crippen LogP contribution is -2.74. The minimum absolute atomic E-state index is 0.418. The third-order valence-electron chi connectivity index (χ3n) is 4.19. The largest absolute Gasteiger partial charge is 0.460 e. The van der Waals surface area contributed by atoms with Crippen molar-refractivity contribution in [3.63, 3.8) is 0 Å². The van der Waals surface area contributed by atoms with Gasteiger partial charge in [-0.2, -0.15) is 74.6 Å². The van der Waals surface area contributed by atoms with Crippen LogP contribution in [0.5, 0.6) is 0 Å². The monoisotopic (exact) mass is 590 g/mol. The summed E-state index contributed by atoms with van der Waals surface area (Å²) in [5.74, 6) is -61.8. The first kappa shape index (κ1) is 34.5. The summed E-state index contributed by atoms with van der Waals surface area (Å²) < 4.78 is 231. The fourth-order valence-corrected chi connectivity index (χ4v) is 1.96. The van der Waals surface area contributed by atoms with Crippen molar-refractivity contribution >= 4 is 11.9 Å². The number of ether oxygens (including phenoxy) is 2. The van der Waals surface area contributed by atoms with Crippen LogP contribution in [0.1, 0.15) is 19.8 Å². The highest BCUT2D eigenvalue weighted by Gasteiger charge is 2.95. The van der Waals surface area contributed by atoms with Crippen LogP contribution >= 0.6 is 0 Å². The molecule has 0 saturated carbocycles. The lowest BCUT2D eigenvalue weighted by atomic mass is 9.88. The van der Waals surface area contributed by atoms with Crippen LogP contribution in [0.3, 0.4) is 0 Å². The minimum Gasteiger partial charge on any atom is -0.460 e. The number of alkyl halides is 17. The van der Waals surface area contributed by atoms with Crippen molar-refractivity contribution in [1.82, 2.24) is 0 Å². The molecule has 0 aromatic rings. The summed E-state index contributed by atoms with van der Waals surface area (Å²) >= 11 is 0. The van der Waals surface area contributed by atoms with Crippen LogP contribution in [0.25, 0.3) is 0 Å². The van der Waals surface area contributed by atoms with Gasteiger partial charge in [0.1, 0.15) is 0 Å². The van der Waals surface area contributed by atoms with Crippen LogP contribution in [0.4, 0.5) is 74.6 Å². The minimum atomic E-state index is -8.73. The average Bonchev–Trinajstić information content (AvgIpc) is 2.71. The summed E-state index contributed by atoms with van der Waals surface area (Å²) in [5.41, 5.74) is 0. The SMILES string of the molecule is C=C(OC(=O)CC)C(=O)OCCC(F)(F)C(F)(F)C(F)(F)C(F)(F)C(F)(F)C(F)(F)C(F)(F)C(F)(F)F. The number of carbonyl (C=O) groups is 2. The van der Waals surface area contributed by atoms with Crippen molar-refractivity contribution in [3.8, 4) is 0 Å². The molecule has 0 bridgehead atoms. The predicted octanol–water partition coefficient (Wildman–Crippen LogP) is 6.40. The predicted molar refractivity (Wildman–Crippen MR) is 81.8 cm³/mol. The topological polar surface area (TPSA) is 52.6 Å². The maximum Gasteiger partial charge on any atom is 0.460 e. The number of rotatable bonds is 12. The van der Waals surface area contributed by atoms with Gasteiger partial charge in [-0.25, -0.2) is 4.79 Å². The molecule has 218 valence electrons. The van der Waals surface area contributed by atoms with Gasteiger partial charge in [-0.3, -0.25) is 4.79 Å². The van der Waals surface area contributed by atoms with Gasteiger partial charge in [0.15, 0.2) is 0 Å². The fourth-order valence-electron chi connectivity index (χ4n) is 1.96. The Morgan fingerprint density at radius 2 is 0.973 bits per heavy atom.